The molecular formula is C24H26ClN7O3S. The Morgan fingerprint density at radius 1 is 1.17 bits per heavy atom. The van der Waals surface area contributed by atoms with Gasteiger partial charge in [0.15, 0.2) is 5.82 Å². The quantitative estimate of drug-likeness (QED) is 0.468. The molecular weight excluding hydrogens is 502 g/mol. The minimum absolute atomic E-state index is 0.00106. The molecule has 2 aliphatic rings. The second-order valence-electron chi connectivity index (χ2n) is 9.12. The number of sulfonamides is 1. The average Bonchev–Trinajstić information content (AvgIpc) is 3.30. The van der Waals surface area contributed by atoms with E-state index in [9.17, 15) is 13.2 Å². The van der Waals surface area contributed by atoms with Crippen LogP contribution in [-0.4, -0.2) is 52.9 Å². The zero-order chi connectivity index (χ0) is 25.3. The second kappa shape index (κ2) is 10.00. The topological polar surface area (TPSA) is 129 Å². The number of nitrogens with zero attached hydrogens (tertiary/aromatic N) is 4. The molecule has 36 heavy (non-hydrogen) atoms. The lowest BCUT2D eigenvalue weighted by Gasteiger charge is -2.16. The molecule has 2 aromatic heterocycles. The molecule has 188 valence electrons. The van der Waals surface area contributed by atoms with Gasteiger partial charge >= 0.3 is 0 Å². The molecule has 3 N–H and O–H groups in total. The van der Waals surface area contributed by atoms with Crippen LogP contribution in [-0.2, 0) is 27.7 Å². The van der Waals surface area contributed by atoms with Crippen molar-refractivity contribution in [1.82, 2.24) is 19.3 Å². The average molecular weight is 528 g/mol. The van der Waals surface area contributed by atoms with Crippen molar-refractivity contribution in [2.45, 2.75) is 25.7 Å². The van der Waals surface area contributed by atoms with Crippen molar-refractivity contribution >= 4 is 56.4 Å². The minimum atomic E-state index is -3.24. The molecule has 1 unspecified atom stereocenters. The van der Waals surface area contributed by atoms with Crippen molar-refractivity contribution in [2.75, 3.05) is 35.3 Å². The van der Waals surface area contributed by atoms with Crippen LogP contribution in [0.4, 0.5) is 28.8 Å². The van der Waals surface area contributed by atoms with Crippen LogP contribution in [0, 0.1) is 5.92 Å². The smallest absolute Gasteiger partial charge is 0.229 e. The van der Waals surface area contributed by atoms with Crippen molar-refractivity contribution in [3.8, 4) is 0 Å². The Bertz CT molecular complexity index is 1420. The van der Waals surface area contributed by atoms with E-state index in [-0.39, 0.29) is 18.2 Å². The highest BCUT2D eigenvalue weighted by molar-refractivity contribution is 7.88. The first-order valence-electron chi connectivity index (χ1n) is 11.6. The van der Waals surface area contributed by atoms with Crippen LogP contribution in [0.15, 0.2) is 42.9 Å². The van der Waals surface area contributed by atoms with E-state index in [1.165, 1.54) is 16.8 Å². The van der Waals surface area contributed by atoms with Gasteiger partial charge in [0.25, 0.3) is 0 Å². The predicted octanol–water partition coefficient (Wildman–Crippen LogP) is 3.72. The summed E-state index contributed by atoms with van der Waals surface area (Å²) in [5, 5.41) is 9.81. The van der Waals surface area contributed by atoms with Gasteiger partial charge in [0.05, 0.1) is 24.3 Å². The van der Waals surface area contributed by atoms with Crippen molar-refractivity contribution in [2.24, 2.45) is 5.92 Å². The first kappa shape index (κ1) is 24.4. The van der Waals surface area contributed by atoms with Crippen LogP contribution in [0.5, 0.6) is 0 Å². The summed E-state index contributed by atoms with van der Waals surface area (Å²) >= 11 is 6.33. The SMILES string of the molecule is CS(=O)(=O)N1CCC(CC(=O)Nc2ccc3cc2CCc2cncc(c2)Nc2ncc(Cl)c(n2)N3)C1. The first-order valence-corrected chi connectivity index (χ1v) is 13.8. The Kier molecular flexibility index (Phi) is 6.78. The summed E-state index contributed by atoms with van der Waals surface area (Å²) < 4.78 is 25.0. The van der Waals surface area contributed by atoms with E-state index in [4.69, 9.17) is 11.6 Å². The molecule has 1 atom stereocenters. The minimum Gasteiger partial charge on any atom is -0.339 e. The molecule has 3 aromatic rings. The highest BCUT2D eigenvalue weighted by Crippen LogP contribution is 2.30. The third kappa shape index (κ3) is 5.75. The van der Waals surface area contributed by atoms with Gasteiger partial charge in [-0.2, -0.15) is 4.98 Å². The van der Waals surface area contributed by atoms with Gasteiger partial charge in [0.2, 0.25) is 21.9 Å². The summed E-state index contributed by atoms with van der Waals surface area (Å²) in [7, 11) is -3.24. The molecule has 1 amide bonds. The maximum atomic E-state index is 12.9. The molecule has 0 saturated carbocycles. The Balaban J connectivity index is 1.38. The maximum absolute atomic E-state index is 12.9. The molecule has 1 aromatic carbocycles. The molecule has 2 aliphatic heterocycles. The predicted molar refractivity (Wildman–Crippen MR) is 139 cm³/mol. The van der Waals surface area contributed by atoms with Gasteiger partial charge in [-0.1, -0.05) is 11.6 Å². The number of anilines is 5. The second-order valence-corrected chi connectivity index (χ2v) is 11.5. The van der Waals surface area contributed by atoms with E-state index < -0.39 is 10.0 Å². The summed E-state index contributed by atoms with van der Waals surface area (Å²) in [6, 6.07) is 7.67. The molecule has 12 heteroatoms. The molecule has 0 spiro atoms. The first-order chi connectivity index (χ1) is 17.2. The number of carbonyl (C=O) groups is 1. The van der Waals surface area contributed by atoms with E-state index in [1.54, 1.807) is 6.20 Å². The fraction of sp³-hybridized carbons (Fsp3) is 0.333. The zero-order valence-corrected chi connectivity index (χ0v) is 21.2. The number of aryl methyl sites for hydroxylation is 2. The maximum Gasteiger partial charge on any atom is 0.229 e. The fourth-order valence-electron chi connectivity index (χ4n) is 4.48. The standard InChI is InChI=1S/C24H26ClN7O3S/c1-36(34,35)32-7-6-16(14-32)9-22(33)30-21-5-4-18-10-17(21)3-2-15-8-19(12-26-11-15)29-24-27-13-20(25)23(28-18)31-24/h4-5,8,10-13,16H,2-3,6-7,9,14H2,1H3,(H,30,33)(H2,27,28,29,31). The van der Waals surface area contributed by atoms with E-state index in [0.29, 0.717) is 49.1 Å². The van der Waals surface area contributed by atoms with E-state index >= 15 is 0 Å². The largest absolute Gasteiger partial charge is 0.339 e. The normalized spacial score (nSPS) is 17.7. The lowest BCUT2D eigenvalue weighted by molar-refractivity contribution is -0.117. The molecule has 10 nitrogen and oxygen atoms in total. The Morgan fingerprint density at radius 2 is 2.03 bits per heavy atom. The van der Waals surface area contributed by atoms with Gasteiger partial charge in [-0.25, -0.2) is 17.7 Å². The number of pyridine rings is 1. The summed E-state index contributed by atoms with van der Waals surface area (Å²) in [6.45, 7) is 0.832. The number of amides is 1. The van der Waals surface area contributed by atoms with Gasteiger partial charge in [-0.15, -0.1) is 0 Å². The lowest BCUT2D eigenvalue weighted by Crippen LogP contribution is -2.28. The number of aromatic nitrogens is 3. The van der Waals surface area contributed by atoms with E-state index in [1.807, 2.05) is 30.5 Å². The molecule has 0 radical (unpaired) electrons. The van der Waals surface area contributed by atoms with Crippen LogP contribution in [0.1, 0.15) is 24.0 Å². The van der Waals surface area contributed by atoms with Crippen molar-refractivity contribution in [3.63, 3.8) is 0 Å². The van der Waals surface area contributed by atoms with Crippen molar-refractivity contribution < 1.29 is 13.2 Å². The highest BCUT2D eigenvalue weighted by atomic mass is 35.5. The number of carbonyl (C=O) groups excluding carboxylic acids is 1. The van der Waals surface area contributed by atoms with Gasteiger partial charge in [0, 0.05) is 37.1 Å². The van der Waals surface area contributed by atoms with Crippen molar-refractivity contribution in [3.05, 3.63) is 59.0 Å². The van der Waals surface area contributed by atoms with Crippen LogP contribution in [0.25, 0.3) is 0 Å². The number of halogens is 1. The summed E-state index contributed by atoms with van der Waals surface area (Å²) in [4.78, 5) is 25.9. The Hall–Kier alpha value is -3.28. The third-order valence-corrected chi connectivity index (χ3v) is 7.86. The van der Waals surface area contributed by atoms with Crippen LogP contribution in [0.2, 0.25) is 5.02 Å². The highest BCUT2D eigenvalue weighted by Gasteiger charge is 2.30. The van der Waals surface area contributed by atoms with E-state index in [2.05, 4.69) is 30.9 Å². The van der Waals surface area contributed by atoms with Crippen LogP contribution < -0.4 is 16.0 Å². The number of hydrogen-bond donors (Lipinski definition) is 3. The van der Waals surface area contributed by atoms with Crippen LogP contribution in [0.3, 0.4) is 0 Å². The Labute approximate surface area is 214 Å². The van der Waals surface area contributed by atoms with Gasteiger partial charge in [0.1, 0.15) is 5.02 Å². The third-order valence-electron chi connectivity index (χ3n) is 6.31. The Morgan fingerprint density at radius 3 is 2.83 bits per heavy atom. The molecule has 1 fully saturated rings. The van der Waals surface area contributed by atoms with Gasteiger partial charge in [-0.3, -0.25) is 9.78 Å². The molecule has 0 aliphatic carbocycles. The van der Waals surface area contributed by atoms with Gasteiger partial charge in [-0.05, 0) is 60.6 Å². The summed E-state index contributed by atoms with van der Waals surface area (Å²) in [6.07, 6.45) is 8.56. The molecule has 4 heterocycles. The summed E-state index contributed by atoms with van der Waals surface area (Å²) in [5.41, 5.74) is 4.23. The molecule has 5 rings (SSSR count). The molecule has 6 bridgehead atoms. The monoisotopic (exact) mass is 527 g/mol. The van der Waals surface area contributed by atoms with Gasteiger partial charge < -0.3 is 16.0 Å². The lowest BCUT2D eigenvalue weighted by atomic mass is 10.0. The van der Waals surface area contributed by atoms with E-state index in [0.717, 1.165) is 28.2 Å². The summed E-state index contributed by atoms with van der Waals surface area (Å²) in [5.74, 6) is 0.718. The molecule has 1 saturated heterocycles. The van der Waals surface area contributed by atoms with Crippen LogP contribution >= 0.6 is 11.6 Å². The zero-order valence-electron chi connectivity index (χ0n) is 19.7. The number of nitrogens with one attached hydrogen (secondary N) is 3. The number of fused-ring (bicyclic) bond motifs is 6. The number of benzene rings is 1. The number of hydrogen-bond acceptors (Lipinski definition) is 8. The van der Waals surface area contributed by atoms with Crippen molar-refractivity contribution in [1.29, 1.82) is 0 Å². The fourth-order valence-corrected chi connectivity index (χ4v) is 5.54. The number of rotatable bonds is 4.